The van der Waals surface area contributed by atoms with Gasteiger partial charge in [-0.15, -0.1) is 0 Å². The highest BCUT2D eigenvalue weighted by Crippen LogP contribution is 2.17. The molecule has 0 aromatic rings. The Bertz CT molecular complexity index is 1700. The zero-order valence-electron chi connectivity index (χ0n) is 54.4. The molecule has 83 heavy (non-hydrogen) atoms. The van der Waals surface area contributed by atoms with E-state index in [9.17, 15) is 14.4 Å². The van der Waals surface area contributed by atoms with Gasteiger partial charge < -0.3 is 14.2 Å². The summed E-state index contributed by atoms with van der Waals surface area (Å²) >= 11 is 0. The van der Waals surface area contributed by atoms with Crippen molar-refractivity contribution in [2.24, 2.45) is 0 Å². The Hall–Kier alpha value is -4.19. The first kappa shape index (κ1) is 78.8. The first-order valence-corrected chi connectivity index (χ1v) is 35.0. The predicted molar refractivity (Wildman–Crippen MR) is 362 cm³/mol. The van der Waals surface area contributed by atoms with Crippen molar-refractivity contribution in [1.29, 1.82) is 0 Å². The molecule has 0 saturated heterocycles. The average molecular weight is 1150 g/mol. The van der Waals surface area contributed by atoms with E-state index in [1.54, 1.807) is 0 Å². The van der Waals surface area contributed by atoms with Gasteiger partial charge in [-0.25, -0.2) is 0 Å². The number of carbonyl (C=O) groups excluding carboxylic acids is 3. The Morgan fingerprint density at radius 3 is 0.735 bits per heavy atom. The summed E-state index contributed by atoms with van der Waals surface area (Å²) < 4.78 is 17.0. The van der Waals surface area contributed by atoms with Crippen LogP contribution in [0.2, 0.25) is 0 Å². The van der Waals surface area contributed by atoms with Crippen molar-refractivity contribution in [3.05, 3.63) is 122 Å². The molecule has 0 rings (SSSR count). The second kappa shape index (κ2) is 70.3. The lowest BCUT2D eigenvalue weighted by molar-refractivity contribution is -0.167. The molecule has 0 radical (unpaired) electrons. The van der Waals surface area contributed by atoms with Gasteiger partial charge >= 0.3 is 17.9 Å². The van der Waals surface area contributed by atoms with Crippen LogP contribution >= 0.6 is 0 Å². The number of esters is 3. The Balaban J connectivity index is 4.32. The third-order valence-corrected chi connectivity index (χ3v) is 15.0. The van der Waals surface area contributed by atoms with Crippen LogP contribution in [-0.2, 0) is 28.6 Å². The van der Waals surface area contributed by atoms with Crippen molar-refractivity contribution in [3.8, 4) is 0 Å². The van der Waals surface area contributed by atoms with Gasteiger partial charge in [0, 0.05) is 19.3 Å². The summed E-state index contributed by atoms with van der Waals surface area (Å²) in [5.74, 6) is -0.886. The van der Waals surface area contributed by atoms with Crippen LogP contribution in [0.3, 0.4) is 0 Å². The van der Waals surface area contributed by atoms with Crippen molar-refractivity contribution in [2.45, 2.75) is 335 Å². The molecule has 0 aliphatic rings. The molecular weight excluding hydrogens is 1020 g/mol. The maximum atomic E-state index is 12.9. The van der Waals surface area contributed by atoms with Gasteiger partial charge in [0.2, 0.25) is 0 Å². The summed E-state index contributed by atoms with van der Waals surface area (Å²) in [6.07, 6.45) is 97.8. The minimum absolute atomic E-state index is 0.0822. The third-order valence-electron chi connectivity index (χ3n) is 15.0. The zero-order chi connectivity index (χ0) is 59.9. The van der Waals surface area contributed by atoms with E-state index in [4.69, 9.17) is 14.2 Å². The molecule has 0 bridgehead atoms. The molecule has 0 saturated carbocycles. The Labute approximate surface area is 513 Å². The quantitative estimate of drug-likeness (QED) is 0.0261. The molecule has 0 spiro atoms. The molecule has 1 atom stereocenters. The maximum Gasteiger partial charge on any atom is 0.306 e. The van der Waals surface area contributed by atoms with Crippen LogP contribution in [0.25, 0.3) is 0 Å². The van der Waals surface area contributed by atoms with Gasteiger partial charge in [0.15, 0.2) is 6.10 Å². The molecule has 0 aromatic carbocycles. The van der Waals surface area contributed by atoms with E-state index in [0.717, 1.165) is 135 Å². The van der Waals surface area contributed by atoms with Crippen LogP contribution < -0.4 is 0 Å². The lowest BCUT2D eigenvalue weighted by atomic mass is 10.0. The Kier molecular flexibility index (Phi) is 66.7. The van der Waals surface area contributed by atoms with E-state index >= 15 is 0 Å². The molecule has 0 aliphatic heterocycles. The highest BCUT2D eigenvalue weighted by Gasteiger charge is 2.19. The van der Waals surface area contributed by atoms with Crippen molar-refractivity contribution >= 4 is 17.9 Å². The lowest BCUT2D eigenvalue weighted by Gasteiger charge is -2.18. The fraction of sp³-hybridized carbons (Fsp3) is 0.701. The van der Waals surface area contributed by atoms with E-state index in [0.29, 0.717) is 19.3 Å². The normalized spacial score (nSPS) is 12.9. The molecule has 0 amide bonds. The fourth-order valence-electron chi connectivity index (χ4n) is 9.79. The van der Waals surface area contributed by atoms with Gasteiger partial charge in [0.1, 0.15) is 13.2 Å². The molecular formula is C77H130O6. The molecule has 1 unspecified atom stereocenters. The van der Waals surface area contributed by atoms with E-state index in [1.807, 2.05) is 0 Å². The number of ether oxygens (including phenoxy) is 3. The van der Waals surface area contributed by atoms with Crippen LogP contribution in [0.5, 0.6) is 0 Å². The standard InChI is InChI=1S/C77H130O6/c1-4-7-10-13-16-19-22-25-28-31-32-33-34-35-36-37-38-39-40-41-42-43-44-47-49-52-55-58-61-64-67-70-76(79)82-73-74(83-77(80)71-68-65-62-59-56-53-50-46-30-27-24-21-18-15-12-9-6-3)72-81-75(78)69-66-63-60-57-54-51-48-45-29-26-23-20-17-14-11-8-5-2/h7,9-10,12,16,18-19,21,25,27-28,30,32-33,35-36,38-39,41-42,74H,4-6,8,11,13-15,17,20,22-24,26,29,31,34,37,40,43-73H2,1-3H3/b10-7-,12-9-,19-16-,21-18-,28-25-,30-27-,33-32-,36-35-,39-38-,42-41-. The second-order valence-electron chi connectivity index (χ2n) is 23.0. The first-order valence-electron chi connectivity index (χ1n) is 35.0. The van der Waals surface area contributed by atoms with Gasteiger partial charge in [-0.3, -0.25) is 14.4 Å². The number of hydrogen-bond donors (Lipinski definition) is 0. The van der Waals surface area contributed by atoms with Gasteiger partial charge in [0.05, 0.1) is 0 Å². The Morgan fingerprint density at radius 2 is 0.470 bits per heavy atom. The smallest absolute Gasteiger partial charge is 0.306 e. The van der Waals surface area contributed by atoms with Crippen LogP contribution in [0.15, 0.2) is 122 Å². The number of carbonyl (C=O) groups is 3. The maximum absolute atomic E-state index is 12.9. The number of rotatable bonds is 63. The van der Waals surface area contributed by atoms with Gasteiger partial charge in [-0.1, -0.05) is 322 Å². The summed E-state index contributed by atoms with van der Waals surface area (Å²) in [6.45, 7) is 6.44. The van der Waals surface area contributed by atoms with Crippen molar-refractivity contribution in [3.63, 3.8) is 0 Å². The second-order valence-corrected chi connectivity index (χ2v) is 23.0. The minimum atomic E-state index is -0.789. The van der Waals surface area contributed by atoms with Crippen molar-refractivity contribution in [2.75, 3.05) is 13.2 Å². The lowest BCUT2D eigenvalue weighted by Crippen LogP contribution is -2.30. The molecule has 0 heterocycles. The minimum Gasteiger partial charge on any atom is -0.462 e. The van der Waals surface area contributed by atoms with Crippen LogP contribution in [-0.4, -0.2) is 37.2 Å². The highest BCUT2D eigenvalue weighted by atomic mass is 16.6. The fourth-order valence-corrected chi connectivity index (χ4v) is 9.79. The third kappa shape index (κ3) is 68.5. The average Bonchev–Trinajstić information content (AvgIpc) is 3.49. The largest absolute Gasteiger partial charge is 0.462 e. The SMILES string of the molecule is CC/C=C\C/C=C\C/C=C\C/C=C\C/C=C\C/C=C\C/C=C\CCCCCCCCCCCC(=O)OCC(COC(=O)CCCCCCCCCCCCCCCCCCC)OC(=O)CCCCCCCCC/C=C\C/C=C\C/C=C\CC. The molecule has 6 heteroatoms. The molecule has 0 aliphatic carbocycles. The van der Waals surface area contributed by atoms with Crippen LogP contribution in [0.4, 0.5) is 0 Å². The van der Waals surface area contributed by atoms with Crippen LogP contribution in [0.1, 0.15) is 329 Å². The number of hydrogen-bond acceptors (Lipinski definition) is 6. The van der Waals surface area contributed by atoms with Crippen molar-refractivity contribution in [1.82, 2.24) is 0 Å². The molecule has 6 nitrogen and oxygen atoms in total. The summed E-state index contributed by atoms with van der Waals surface area (Å²) in [4.78, 5) is 38.5. The van der Waals surface area contributed by atoms with Crippen LogP contribution in [0, 0.1) is 0 Å². The molecule has 0 fully saturated rings. The van der Waals surface area contributed by atoms with E-state index in [-0.39, 0.29) is 31.1 Å². The molecule has 474 valence electrons. The Morgan fingerprint density at radius 1 is 0.253 bits per heavy atom. The topological polar surface area (TPSA) is 78.9 Å². The van der Waals surface area contributed by atoms with E-state index in [1.165, 1.54) is 154 Å². The molecule has 0 N–H and O–H groups in total. The van der Waals surface area contributed by atoms with Crippen molar-refractivity contribution < 1.29 is 28.6 Å². The number of unbranched alkanes of at least 4 members (excludes halogenated alkanes) is 32. The van der Waals surface area contributed by atoms with Gasteiger partial charge in [-0.2, -0.15) is 0 Å². The summed E-state index contributed by atoms with van der Waals surface area (Å²) in [5, 5.41) is 0. The summed E-state index contributed by atoms with van der Waals surface area (Å²) in [6, 6.07) is 0. The summed E-state index contributed by atoms with van der Waals surface area (Å²) in [7, 11) is 0. The van der Waals surface area contributed by atoms with Gasteiger partial charge in [0.25, 0.3) is 0 Å². The highest BCUT2D eigenvalue weighted by molar-refractivity contribution is 5.71. The summed E-state index contributed by atoms with van der Waals surface area (Å²) in [5.41, 5.74) is 0. The zero-order valence-corrected chi connectivity index (χ0v) is 54.4. The van der Waals surface area contributed by atoms with E-state index in [2.05, 4.69) is 142 Å². The number of allylic oxidation sites excluding steroid dienone is 20. The van der Waals surface area contributed by atoms with Gasteiger partial charge in [-0.05, 0) is 109 Å². The first-order chi connectivity index (χ1) is 41.0. The van der Waals surface area contributed by atoms with E-state index < -0.39 is 6.10 Å². The molecule has 0 aromatic heterocycles. The monoisotopic (exact) mass is 1150 g/mol. The predicted octanol–water partition coefficient (Wildman–Crippen LogP) is 24.3.